The standard InChI is InChI=1S/C53H52O16S/c1-32-25-27-40(28-26-32)70-53-48(63-35(4)56)46(43(62-34(3)55)42(65-53)31-61-33(2)54)69-52-47(67-51(59)39-23-15-8-16-24-39)45(66-50(58)38-21-13-7-14-22-38)44(68-52)41(30-60-29-36-17-9-5-10-18-36)64-49(57)37-19-11-6-12-20-37/h5-28,41-48,52-53H,29-31H2,1-4H3/t41-,42-,43+,44+,45+,46+,47-,48-,52+,53+/m1/s1. The largest absolute Gasteiger partial charge is 0.463 e. The van der Waals surface area contributed by atoms with Crippen LogP contribution in [-0.2, 0) is 68.4 Å². The average Bonchev–Trinajstić information content (AvgIpc) is 3.68. The summed E-state index contributed by atoms with van der Waals surface area (Å²) in [6.07, 6.45) is -13.7. The van der Waals surface area contributed by atoms with Crippen molar-refractivity contribution in [2.24, 2.45) is 0 Å². The molecule has 7 rings (SSSR count). The first-order valence-corrected chi connectivity index (χ1v) is 23.3. The number of thioether (sulfide) groups is 1. The molecular formula is C53H52O16S. The molecule has 17 heteroatoms. The highest BCUT2D eigenvalue weighted by Crippen LogP contribution is 2.41. The molecule has 0 N–H and O–H groups in total. The first kappa shape index (κ1) is 51.0. The molecule has 2 aliphatic heterocycles. The third-order valence-electron chi connectivity index (χ3n) is 11.0. The molecule has 2 fully saturated rings. The van der Waals surface area contributed by atoms with Gasteiger partial charge in [-0.1, -0.05) is 114 Å². The van der Waals surface area contributed by atoms with Gasteiger partial charge in [-0.3, -0.25) is 14.4 Å². The van der Waals surface area contributed by atoms with Gasteiger partial charge in [0, 0.05) is 25.7 Å². The predicted molar refractivity (Wildman–Crippen MR) is 250 cm³/mol. The molecule has 0 spiro atoms. The number of esters is 6. The number of benzene rings is 5. The first-order valence-electron chi connectivity index (χ1n) is 22.4. The van der Waals surface area contributed by atoms with Crippen molar-refractivity contribution in [2.75, 3.05) is 13.2 Å². The summed E-state index contributed by atoms with van der Waals surface area (Å²) in [5.41, 5.74) is 1.05. The summed E-state index contributed by atoms with van der Waals surface area (Å²) in [6, 6.07) is 40.7. The van der Waals surface area contributed by atoms with E-state index in [2.05, 4.69) is 0 Å². The summed E-state index contributed by atoms with van der Waals surface area (Å²) in [6.45, 7) is 4.69. The average molecular weight is 977 g/mol. The van der Waals surface area contributed by atoms with E-state index in [0.29, 0.717) is 4.90 Å². The Morgan fingerprint density at radius 3 is 1.60 bits per heavy atom. The highest BCUT2D eigenvalue weighted by molar-refractivity contribution is 7.99. The number of rotatable bonds is 19. The summed E-state index contributed by atoms with van der Waals surface area (Å²) in [5, 5.41) is 0. The highest BCUT2D eigenvalue weighted by atomic mass is 32.2. The Balaban J connectivity index is 1.35. The van der Waals surface area contributed by atoms with Gasteiger partial charge in [-0.25, -0.2) is 14.4 Å². The Hall–Kier alpha value is -6.89. The monoisotopic (exact) mass is 976 g/mol. The topological polar surface area (TPSA) is 195 Å². The van der Waals surface area contributed by atoms with Crippen LogP contribution in [0, 0.1) is 6.92 Å². The Morgan fingerprint density at radius 2 is 1.06 bits per heavy atom. The summed E-state index contributed by atoms with van der Waals surface area (Å²) in [5.74, 6) is -4.79. The maximum absolute atomic E-state index is 14.2. The zero-order valence-corrected chi connectivity index (χ0v) is 39.5. The van der Waals surface area contributed by atoms with Gasteiger partial charge in [0.05, 0.1) is 29.9 Å². The fourth-order valence-corrected chi connectivity index (χ4v) is 8.81. The first-order chi connectivity index (χ1) is 33.8. The second-order valence-electron chi connectivity index (χ2n) is 16.3. The number of hydrogen-bond donors (Lipinski definition) is 0. The Bertz CT molecular complexity index is 2530. The van der Waals surface area contributed by atoms with Gasteiger partial charge in [0.2, 0.25) is 0 Å². The molecule has 10 atom stereocenters. The van der Waals surface area contributed by atoms with Crippen molar-refractivity contribution in [3.05, 3.63) is 173 Å². The third kappa shape index (κ3) is 13.9. The van der Waals surface area contributed by atoms with E-state index in [-0.39, 0.29) is 29.9 Å². The Labute approximate surface area is 408 Å². The molecule has 0 aromatic heterocycles. The van der Waals surface area contributed by atoms with Crippen LogP contribution in [0.15, 0.2) is 150 Å². The number of carbonyl (C=O) groups excluding carboxylic acids is 6. The molecular weight excluding hydrogens is 925 g/mol. The van der Waals surface area contributed by atoms with E-state index in [9.17, 15) is 28.8 Å². The molecule has 5 aromatic rings. The molecule has 0 unspecified atom stereocenters. The van der Waals surface area contributed by atoms with E-state index in [1.807, 2.05) is 61.5 Å². The van der Waals surface area contributed by atoms with Gasteiger partial charge in [0.1, 0.15) is 30.4 Å². The molecule has 366 valence electrons. The van der Waals surface area contributed by atoms with Crippen molar-refractivity contribution in [1.82, 2.24) is 0 Å². The number of carbonyl (C=O) groups is 6. The van der Waals surface area contributed by atoms with Gasteiger partial charge >= 0.3 is 35.8 Å². The van der Waals surface area contributed by atoms with Crippen molar-refractivity contribution < 1.29 is 76.1 Å². The van der Waals surface area contributed by atoms with E-state index < -0.39 is 103 Å². The second-order valence-corrected chi connectivity index (χ2v) is 17.4. The van der Waals surface area contributed by atoms with Gasteiger partial charge < -0.3 is 47.4 Å². The summed E-state index contributed by atoms with van der Waals surface area (Å²) in [4.78, 5) is 81.4. The van der Waals surface area contributed by atoms with Crippen LogP contribution in [0.2, 0.25) is 0 Å². The predicted octanol–water partition coefficient (Wildman–Crippen LogP) is 7.24. The normalized spacial score (nSPS) is 23.2. The van der Waals surface area contributed by atoms with Gasteiger partial charge in [0.15, 0.2) is 36.8 Å². The molecule has 2 heterocycles. The lowest BCUT2D eigenvalue weighted by Crippen LogP contribution is -2.62. The second kappa shape index (κ2) is 24.6. The summed E-state index contributed by atoms with van der Waals surface area (Å²) in [7, 11) is 0. The molecule has 70 heavy (non-hydrogen) atoms. The fourth-order valence-electron chi connectivity index (χ4n) is 7.71. The number of aryl methyl sites for hydroxylation is 1. The lowest BCUT2D eigenvalue weighted by molar-refractivity contribution is -0.284. The Morgan fingerprint density at radius 1 is 0.543 bits per heavy atom. The quantitative estimate of drug-likeness (QED) is 0.0593. The van der Waals surface area contributed by atoms with E-state index in [0.717, 1.165) is 29.8 Å². The molecule has 0 saturated carbocycles. The molecule has 2 saturated heterocycles. The fraction of sp³-hybridized carbons (Fsp3) is 0.321. The van der Waals surface area contributed by atoms with Crippen LogP contribution >= 0.6 is 11.8 Å². The summed E-state index contributed by atoms with van der Waals surface area (Å²) < 4.78 is 62.2. The van der Waals surface area contributed by atoms with Crippen LogP contribution in [-0.4, -0.2) is 110 Å². The van der Waals surface area contributed by atoms with E-state index in [1.165, 1.54) is 38.1 Å². The molecule has 5 aromatic carbocycles. The van der Waals surface area contributed by atoms with Crippen molar-refractivity contribution in [2.45, 2.75) is 99.8 Å². The van der Waals surface area contributed by atoms with E-state index in [4.69, 9.17) is 47.4 Å². The van der Waals surface area contributed by atoms with Crippen LogP contribution in [0.25, 0.3) is 0 Å². The van der Waals surface area contributed by atoms with Gasteiger partial charge in [-0.15, -0.1) is 0 Å². The maximum Gasteiger partial charge on any atom is 0.338 e. The van der Waals surface area contributed by atoms with Gasteiger partial charge in [0.25, 0.3) is 0 Å². The zero-order valence-electron chi connectivity index (χ0n) is 38.7. The minimum absolute atomic E-state index is 0.0632. The highest BCUT2D eigenvalue weighted by Gasteiger charge is 2.59. The van der Waals surface area contributed by atoms with Crippen molar-refractivity contribution in [3.63, 3.8) is 0 Å². The minimum Gasteiger partial charge on any atom is -0.463 e. The van der Waals surface area contributed by atoms with E-state index >= 15 is 0 Å². The van der Waals surface area contributed by atoms with Crippen LogP contribution in [0.4, 0.5) is 0 Å². The molecule has 0 radical (unpaired) electrons. The summed E-state index contributed by atoms with van der Waals surface area (Å²) >= 11 is 1.15. The number of hydrogen-bond acceptors (Lipinski definition) is 17. The molecule has 0 amide bonds. The van der Waals surface area contributed by atoms with Crippen LogP contribution in [0.5, 0.6) is 0 Å². The van der Waals surface area contributed by atoms with Crippen molar-refractivity contribution >= 4 is 47.6 Å². The molecule has 16 nitrogen and oxygen atoms in total. The lowest BCUT2D eigenvalue weighted by atomic mass is 9.98. The third-order valence-corrected chi connectivity index (χ3v) is 12.1. The van der Waals surface area contributed by atoms with E-state index in [1.54, 1.807) is 66.7 Å². The van der Waals surface area contributed by atoms with Crippen LogP contribution < -0.4 is 0 Å². The van der Waals surface area contributed by atoms with Crippen LogP contribution in [0.3, 0.4) is 0 Å². The maximum atomic E-state index is 14.2. The lowest BCUT2D eigenvalue weighted by Gasteiger charge is -2.45. The minimum atomic E-state index is -1.78. The molecule has 0 bridgehead atoms. The van der Waals surface area contributed by atoms with Crippen LogP contribution in [0.1, 0.15) is 63.0 Å². The molecule has 2 aliphatic rings. The number of ether oxygens (including phenoxy) is 10. The van der Waals surface area contributed by atoms with Gasteiger partial charge in [-0.2, -0.15) is 0 Å². The smallest absolute Gasteiger partial charge is 0.338 e. The Kier molecular flexibility index (Phi) is 17.9. The molecule has 0 aliphatic carbocycles. The zero-order chi connectivity index (χ0) is 49.6. The SMILES string of the molecule is CC(=O)OC[C@H]1O[C@@H](Sc2ccc(C)cc2)[C@H](OC(C)=O)[C@@H](O[C@@H]2O[C@@H]([C@@H](COCc3ccccc3)OC(=O)c3ccccc3)[C@H](OC(=O)c3ccccc3)[C@H]2OC(=O)c2ccccc2)[C@H]1OC(C)=O. The van der Waals surface area contributed by atoms with Crippen molar-refractivity contribution in [3.8, 4) is 0 Å². The van der Waals surface area contributed by atoms with Gasteiger partial charge in [-0.05, 0) is 61.0 Å². The van der Waals surface area contributed by atoms with Crippen molar-refractivity contribution in [1.29, 1.82) is 0 Å².